The summed E-state index contributed by atoms with van der Waals surface area (Å²) in [6.07, 6.45) is 7.92. The number of carbonyl (C=O) groups is 3. The minimum Gasteiger partial charge on any atom is -0.322 e. The second-order valence-corrected chi connectivity index (χ2v) is 9.22. The van der Waals surface area contributed by atoms with Gasteiger partial charge in [0.1, 0.15) is 6.04 Å². The van der Waals surface area contributed by atoms with Gasteiger partial charge >= 0.3 is 0 Å². The fourth-order valence-electron chi connectivity index (χ4n) is 5.21. The third-order valence-electron chi connectivity index (χ3n) is 7.11. The highest BCUT2D eigenvalue weighted by Crippen LogP contribution is 2.32. The molecule has 3 unspecified atom stereocenters. The quantitative estimate of drug-likeness (QED) is 0.706. The maximum absolute atomic E-state index is 12.9. The SMILES string of the molecule is CCC(C)NC1CCCC[C@@H]1Cc1ccc2c(c1)CN(C1CCC(=O)NC1=O)C2=O. The maximum atomic E-state index is 12.9. The lowest BCUT2D eigenvalue weighted by molar-refractivity contribution is -0.136. The average molecular weight is 412 g/mol. The van der Waals surface area contributed by atoms with Gasteiger partial charge in [0, 0.05) is 30.6 Å². The fraction of sp³-hybridized carbons (Fsp3) is 0.625. The second kappa shape index (κ2) is 8.88. The van der Waals surface area contributed by atoms with Crippen molar-refractivity contribution in [3.63, 3.8) is 0 Å². The molecule has 4 atom stereocenters. The van der Waals surface area contributed by atoms with Crippen LogP contribution in [-0.4, -0.2) is 40.7 Å². The summed E-state index contributed by atoms with van der Waals surface area (Å²) in [6, 6.07) is 6.72. The van der Waals surface area contributed by atoms with Gasteiger partial charge in [-0.05, 0) is 62.1 Å². The summed E-state index contributed by atoms with van der Waals surface area (Å²) < 4.78 is 0. The number of fused-ring (bicyclic) bond motifs is 1. The van der Waals surface area contributed by atoms with Crippen LogP contribution < -0.4 is 10.6 Å². The zero-order valence-electron chi connectivity index (χ0n) is 18.1. The van der Waals surface area contributed by atoms with Crippen molar-refractivity contribution in [2.45, 2.75) is 89.9 Å². The Morgan fingerprint density at radius 1 is 1.17 bits per heavy atom. The summed E-state index contributed by atoms with van der Waals surface area (Å²) in [5, 5.41) is 6.19. The zero-order chi connectivity index (χ0) is 21.3. The van der Waals surface area contributed by atoms with E-state index in [2.05, 4.69) is 36.6 Å². The molecule has 1 aliphatic carbocycles. The van der Waals surface area contributed by atoms with Crippen molar-refractivity contribution in [1.82, 2.24) is 15.5 Å². The molecule has 0 bridgehead atoms. The van der Waals surface area contributed by atoms with Crippen LogP contribution >= 0.6 is 0 Å². The molecule has 6 heteroatoms. The number of nitrogens with one attached hydrogen (secondary N) is 2. The summed E-state index contributed by atoms with van der Waals surface area (Å²) in [5.41, 5.74) is 2.97. The molecule has 3 aliphatic rings. The van der Waals surface area contributed by atoms with Crippen LogP contribution in [0.2, 0.25) is 0 Å². The highest BCUT2D eigenvalue weighted by molar-refractivity contribution is 6.05. The normalized spacial score (nSPS) is 27.7. The molecule has 0 spiro atoms. The van der Waals surface area contributed by atoms with E-state index >= 15 is 0 Å². The molecule has 1 aromatic rings. The molecule has 2 N–H and O–H groups in total. The Labute approximate surface area is 178 Å². The molecule has 2 aliphatic heterocycles. The summed E-state index contributed by atoms with van der Waals surface area (Å²) >= 11 is 0. The Morgan fingerprint density at radius 2 is 1.97 bits per heavy atom. The zero-order valence-corrected chi connectivity index (χ0v) is 18.1. The molecule has 1 aromatic carbocycles. The molecule has 1 saturated heterocycles. The van der Waals surface area contributed by atoms with E-state index < -0.39 is 6.04 Å². The highest BCUT2D eigenvalue weighted by atomic mass is 16.2. The van der Waals surface area contributed by atoms with E-state index in [1.165, 1.54) is 31.2 Å². The van der Waals surface area contributed by atoms with E-state index in [1.807, 2.05) is 6.07 Å². The summed E-state index contributed by atoms with van der Waals surface area (Å²) in [4.78, 5) is 38.2. The third-order valence-corrected chi connectivity index (χ3v) is 7.11. The fourth-order valence-corrected chi connectivity index (χ4v) is 5.21. The number of hydrogen-bond donors (Lipinski definition) is 2. The summed E-state index contributed by atoms with van der Waals surface area (Å²) in [7, 11) is 0. The smallest absolute Gasteiger partial charge is 0.255 e. The van der Waals surface area contributed by atoms with Crippen LogP contribution in [-0.2, 0) is 22.6 Å². The number of carbonyl (C=O) groups excluding carboxylic acids is 3. The maximum Gasteiger partial charge on any atom is 0.255 e. The van der Waals surface area contributed by atoms with Crippen LogP contribution in [0.15, 0.2) is 18.2 Å². The van der Waals surface area contributed by atoms with Gasteiger partial charge in [-0.2, -0.15) is 0 Å². The number of piperidine rings is 1. The van der Waals surface area contributed by atoms with Crippen LogP contribution in [0.25, 0.3) is 0 Å². The lowest BCUT2D eigenvalue weighted by Crippen LogP contribution is -2.52. The van der Waals surface area contributed by atoms with Gasteiger partial charge in [0.2, 0.25) is 11.8 Å². The van der Waals surface area contributed by atoms with Crippen molar-refractivity contribution in [1.29, 1.82) is 0 Å². The topological polar surface area (TPSA) is 78.5 Å². The van der Waals surface area contributed by atoms with Gasteiger partial charge in [-0.25, -0.2) is 0 Å². The van der Waals surface area contributed by atoms with E-state index in [4.69, 9.17) is 0 Å². The monoisotopic (exact) mass is 411 g/mol. The first kappa shape index (κ1) is 21.0. The van der Waals surface area contributed by atoms with E-state index in [9.17, 15) is 14.4 Å². The van der Waals surface area contributed by atoms with Gasteiger partial charge in [0.15, 0.2) is 0 Å². The number of rotatable bonds is 6. The van der Waals surface area contributed by atoms with Gasteiger partial charge < -0.3 is 10.2 Å². The average Bonchev–Trinajstić information content (AvgIpc) is 3.05. The van der Waals surface area contributed by atoms with Crippen LogP contribution in [0.3, 0.4) is 0 Å². The third kappa shape index (κ3) is 4.29. The molecule has 2 fully saturated rings. The number of benzene rings is 1. The highest BCUT2D eigenvalue weighted by Gasteiger charge is 2.39. The van der Waals surface area contributed by atoms with Crippen molar-refractivity contribution in [2.24, 2.45) is 5.92 Å². The minimum atomic E-state index is -0.548. The molecule has 4 rings (SSSR count). The molecule has 2 heterocycles. The number of hydrogen-bond acceptors (Lipinski definition) is 4. The van der Waals surface area contributed by atoms with Crippen molar-refractivity contribution >= 4 is 17.7 Å². The van der Waals surface area contributed by atoms with E-state index in [-0.39, 0.29) is 24.1 Å². The molecule has 0 radical (unpaired) electrons. The molecule has 0 aromatic heterocycles. The Bertz CT molecular complexity index is 837. The predicted molar refractivity (Wildman–Crippen MR) is 115 cm³/mol. The molecule has 1 saturated carbocycles. The molecule has 30 heavy (non-hydrogen) atoms. The van der Waals surface area contributed by atoms with Crippen molar-refractivity contribution in [3.05, 3.63) is 34.9 Å². The predicted octanol–water partition coefficient (Wildman–Crippen LogP) is 2.94. The molecule has 6 nitrogen and oxygen atoms in total. The van der Waals surface area contributed by atoms with Crippen molar-refractivity contribution < 1.29 is 14.4 Å². The largest absolute Gasteiger partial charge is 0.322 e. The van der Waals surface area contributed by atoms with Gasteiger partial charge in [0.05, 0.1) is 0 Å². The Morgan fingerprint density at radius 3 is 2.73 bits per heavy atom. The lowest BCUT2D eigenvalue weighted by atomic mass is 9.80. The lowest BCUT2D eigenvalue weighted by Gasteiger charge is -2.34. The summed E-state index contributed by atoms with van der Waals surface area (Å²) in [6.45, 7) is 4.94. The molecular formula is C24H33N3O3. The summed E-state index contributed by atoms with van der Waals surface area (Å²) in [5.74, 6) is -0.0845. The van der Waals surface area contributed by atoms with E-state index in [1.54, 1.807) is 4.90 Å². The Balaban J connectivity index is 1.46. The first-order chi connectivity index (χ1) is 14.5. The molecule has 162 valence electrons. The van der Waals surface area contributed by atoms with E-state index in [0.29, 0.717) is 36.5 Å². The first-order valence-corrected chi connectivity index (χ1v) is 11.5. The van der Waals surface area contributed by atoms with Crippen LogP contribution in [0.4, 0.5) is 0 Å². The first-order valence-electron chi connectivity index (χ1n) is 11.5. The van der Waals surface area contributed by atoms with E-state index in [0.717, 1.165) is 18.4 Å². The minimum absolute atomic E-state index is 0.0972. The number of amides is 3. The number of nitrogens with zero attached hydrogens (tertiary/aromatic N) is 1. The number of imide groups is 1. The van der Waals surface area contributed by atoms with Crippen LogP contribution in [0.1, 0.15) is 80.3 Å². The standard InChI is InChI=1S/C24H33N3O3/c1-3-15(2)25-20-7-5-4-6-17(20)12-16-8-9-19-18(13-16)14-27(24(19)30)21-10-11-22(28)26-23(21)29/h8-9,13,15,17,20-21,25H,3-7,10-12,14H2,1-2H3,(H,26,28,29)/t15?,17-,20?,21?/m1/s1. The molecule has 3 amide bonds. The van der Waals surface area contributed by atoms with Crippen LogP contribution in [0.5, 0.6) is 0 Å². The van der Waals surface area contributed by atoms with Gasteiger partial charge in [-0.15, -0.1) is 0 Å². The molecular weight excluding hydrogens is 378 g/mol. The van der Waals surface area contributed by atoms with Gasteiger partial charge in [-0.1, -0.05) is 31.9 Å². The van der Waals surface area contributed by atoms with Crippen molar-refractivity contribution in [2.75, 3.05) is 0 Å². The Hall–Kier alpha value is -2.21. The second-order valence-electron chi connectivity index (χ2n) is 9.22. The van der Waals surface area contributed by atoms with Gasteiger partial charge in [-0.3, -0.25) is 19.7 Å². The van der Waals surface area contributed by atoms with Gasteiger partial charge in [0.25, 0.3) is 5.91 Å². The van der Waals surface area contributed by atoms with Crippen molar-refractivity contribution in [3.8, 4) is 0 Å². The Kier molecular flexibility index (Phi) is 6.23. The van der Waals surface area contributed by atoms with Crippen LogP contribution in [0, 0.1) is 5.92 Å².